The fraction of sp³-hybridized carbons (Fsp3) is 0.0500. The van der Waals surface area contributed by atoms with Crippen molar-refractivity contribution in [3.8, 4) is 0 Å². The van der Waals surface area contributed by atoms with Gasteiger partial charge in [-0.25, -0.2) is 14.4 Å². The Morgan fingerprint density at radius 2 is 0.329 bits per heavy atom. The molecule has 0 radical (unpaired) electrons. The van der Waals surface area contributed by atoms with E-state index in [1.807, 2.05) is 164 Å². The first-order valence-corrected chi connectivity index (χ1v) is 28.4. The van der Waals surface area contributed by atoms with Crippen molar-refractivity contribution in [1.82, 2.24) is 0 Å². The Kier molecular flexibility index (Phi) is 19.4. The first-order valence-electron chi connectivity index (χ1n) is 22.5. The second kappa shape index (κ2) is 25.8. The Balaban J connectivity index is 0.000000171. The molecule has 350 valence electrons. The van der Waals surface area contributed by atoms with E-state index >= 15 is 0 Å². The van der Waals surface area contributed by atoms with Gasteiger partial charge in [0.15, 0.2) is 18.5 Å². The number of carboxylic acid groups (broad SMARTS) is 3. The molecule has 0 bridgehead atoms. The van der Waals surface area contributed by atoms with Crippen LogP contribution >= 0.6 is 21.8 Å². The number of rotatable bonds is 15. The van der Waals surface area contributed by atoms with E-state index < -0.39 is 39.7 Å². The molecule has 0 aromatic heterocycles. The van der Waals surface area contributed by atoms with Crippen LogP contribution in [0.15, 0.2) is 273 Å². The molecule has 0 spiro atoms. The van der Waals surface area contributed by atoms with Crippen LogP contribution in [0.2, 0.25) is 0 Å². The Labute approximate surface area is 425 Å². The molecule has 0 fully saturated rings. The van der Waals surface area contributed by atoms with Crippen LogP contribution in [0.5, 0.6) is 0 Å². The van der Waals surface area contributed by atoms with Crippen LogP contribution in [-0.2, 0) is 33.9 Å². The van der Waals surface area contributed by atoms with Crippen molar-refractivity contribution in [3.05, 3.63) is 273 Å². The summed E-state index contributed by atoms with van der Waals surface area (Å²) in [6, 6.07) is 90.4. The van der Waals surface area contributed by atoms with E-state index in [4.69, 9.17) is 0 Å². The summed E-state index contributed by atoms with van der Waals surface area (Å²) >= 11 is 0. The van der Waals surface area contributed by atoms with E-state index in [1.165, 1.54) is 0 Å². The summed E-state index contributed by atoms with van der Waals surface area (Å²) in [5.74, 6) is -2.31. The van der Waals surface area contributed by atoms with E-state index in [9.17, 15) is 29.7 Å². The predicted molar refractivity (Wildman–Crippen MR) is 293 cm³/mol. The van der Waals surface area contributed by atoms with Gasteiger partial charge in [-0.15, -0.1) is 0 Å². The SMILES string of the molecule is O=C(O)C[P+](c1ccccc1)(c1ccccc1)c1ccccc1.O=C(O)C[P+](c1ccccc1)(c1ccccc1)c1ccccc1.O=C(O)C[P+](c1ccccc1)(c1ccccc1)c1ccccc1.[Ru]. The van der Waals surface area contributed by atoms with Gasteiger partial charge >= 0.3 is 17.9 Å². The predicted octanol–water partition coefficient (Wildman–Crippen LogP) is 9.19. The summed E-state index contributed by atoms with van der Waals surface area (Å²) in [6.45, 7) is 0. The molecule has 0 heterocycles. The van der Waals surface area contributed by atoms with Crippen molar-refractivity contribution >= 4 is 87.4 Å². The standard InChI is InChI=1S/3C20H17O2P.Ru/c3*21-20(22)16-23(17-10-4-1-5-11-17,18-12-6-2-7-13-18)19-14-8-3-9-15-19;/h3*1-15H,16H2;/p+3. The average molecular weight is 1070 g/mol. The fourth-order valence-electron chi connectivity index (χ4n) is 8.91. The van der Waals surface area contributed by atoms with Crippen molar-refractivity contribution < 1.29 is 49.2 Å². The molecular formula is C60H54O6P3Ru+3. The van der Waals surface area contributed by atoms with Gasteiger partial charge in [-0.3, -0.25) is 0 Å². The third-order valence-electron chi connectivity index (χ3n) is 11.9. The second-order valence-electron chi connectivity index (χ2n) is 16.1. The molecule has 0 aliphatic carbocycles. The molecule has 10 heteroatoms. The summed E-state index contributed by atoms with van der Waals surface area (Å²) in [6.07, 6.45) is 0.348. The number of hydrogen-bond donors (Lipinski definition) is 3. The molecule has 0 saturated carbocycles. The summed E-state index contributed by atoms with van der Waals surface area (Å²) in [5, 5.41) is 38.9. The maximum absolute atomic E-state index is 11.8. The summed E-state index contributed by atoms with van der Waals surface area (Å²) in [7, 11) is -6.63. The van der Waals surface area contributed by atoms with Crippen LogP contribution in [0.3, 0.4) is 0 Å². The maximum atomic E-state index is 11.8. The summed E-state index contributed by atoms with van der Waals surface area (Å²) < 4.78 is 0. The Bertz CT molecular complexity index is 2360. The molecule has 0 saturated heterocycles. The molecule has 70 heavy (non-hydrogen) atoms. The van der Waals surface area contributed by atoms with Crippen molar-refractivity contribution in [2.24, 2.45) is 0 Å². The van der Waals surface area contributed by atoms with Gasteiger partial charge in [-0.1, -0.05) is 164 Å². The first-order chi connectivity index (χ1) is 33.7. The van der Waals surface area contributed by atoms with Crippen molar-refractivity contribution in [1.29, 1.82) is 0 Å². The molecule has 0 aliphatic rings. The number of benzene rings is 9. The van der Waals surface area contributed by atoms with E-state index in [1.54, 1.807) is 0 Å². The molecule has 3 N–H and O–H groups in total. The Morgan fingerprint density at radius 1 is 0.229 bits per heavy atom. The number of carboxylic acids is 3. The minimum atomic E-state index is -2.21. The zero-order valence-corrected chi connectivity index (χ0v) is 42.8. The van der Waals surface area contributed by atoms with Gasteiger partial charge in [-0.05, 0) is 109 Å². The number of carbonyl (C=O) groups is 3. The van der Waals surface area contributed by atoms with Gasteiger partial charge in [0.1, 0.15) is 69.5 Å². The first kappa shape index (κ1) is 52.7. The number of aliphatic carboxylic acids is 3. The van der Waals surface area contributed by atoms with Crippen LogP contribution in [0.4, 0.5) is 0 Å². The van der Waals surface area contributed by atoms with E-state index in [0.717, 1.165) is 47.7 Å². The second-order valence-corrected chi connectivity index (χ2v) is 26.6. The van der Waals surface area contributed by atoms with Crippen molar-refractivity contribution in [2.75, 3.05) is 18.5 Å². The smallest absolute Gasteiger partial charge is 0.342 e. The quantitative estimate of drug-likeness (QED) is 0.0698. The molecule has 6 nitrogen and oxygen atoms in total. The molecule has 0 amide bonds. The minimum Gasteiger partial charge on any atom is -0.479 e. The maximum Gasteiger partial charge on any atom is 0.342 e. The molecule has 9 aromatic carbocycles. The Hall–Kier alpha value is -6.70. The number of hydrogen-bond acceptors (Lipinski definition) is 3. The van der Waals surface area contributed by atoms with Crippen molar-refractivity contribution in [2.45, 2.75) is 0 Å². The third-order valence-corrected chi connectivity index (χ3v) is 24.7. The molecule has 9 rings (SSSR count). The zero-order valence-electron chi connectivity index (χ0n) is 38.4. The van der Waals surface area contributed by atoms with E-state index in [0.29, 0.717) is 0 Å². The average Bonchev–Trinajstić information content (AvgIpc) is 3.41. The van der Waals surface area contributed by atoms with Gasteiger partial charge in [0.05, 0.1) is 0 Å². The molecule has 0 atom stereocenters. The minimum absolute atomic E-state index is 0. The monoisotopic (exact) mass is 1070 g/mol. The van der Waals surface area contributed by atoms with Gasteiger partial charge in [0.25, 0.3) is 0 Å². The fourth-order valence-corrected chi connectivity index (χ4v) is 20.6. The van der Waals surface area contributed by atoms with Crippen LogP contribution in [0, 0.1) is 0 Å². The van der Waals surface area contributed by atoms with Crippen LogP contribution < -0.4 is 47.7 Å². The van der Waals surface area contributed by atoms with Gasteiger partial charge in [-0.2, -0.15) is 0 Å². The van der Waals surface area contributed by atoms with Gasteiger partial charge < -0.3 is 15.3 Å². The van der Waals surface area contributed by atoms with Crippen LogP contribution in [0.1, 0.15) is 0 Å². The Morgan fingerprint density at radius 3 is 0.414 bits per heavy atom. The summed E-state index contributed by atoms with van der Waals surface area (Å²) in [4.78, 5) is 35.3. The molecule has 0 unspecified atom stereocenters. The van der Waals surface area contributed by atoms with Crippen LogP contribution in [0.25, 0.3) is 0 Å². The van der Waals surface area contributed by atoms with Gasteiger partial charge in [0, 0.05) is 19.5 Å². The van der Waals surface area contributed by atoms with Crippen molar-refractivity contribution in [3.63, 3.8) is 0 Å². The van der Waals surface area contributed by atoms with Gasteiger partial charge in [0.2, 0.25) is 0 Å². The normalized spacial score (nSPS) is 11.0. The molecule has 9 aromatic rings. The molecular weight excluding hydrogens is 1010 g/mol. The topological polar surface area (TPSA) is 112 Å². The van der Waals surface area contributed by atoms with Crippen LogP contribution in [-0.4, -0.2) is 51.7 Å². The van der Waals surface area contributed by atoms with E-state index in [-0.39, 0.29) is 38.0 Å². The largest absolute Gasteiger partial charge is 0.479 e. The molecule has 0 aliphatic heterocycles. The van der Waals surface area contributed by atoms with E-state index in [2.05, 4.69) is 109 Å². The third kappa shape index (κ3) is 12.4. The summed E-state index contributed by atoms with van der Waals surface area (Å²) in [5.41, 5.74) is 0. The zero-order chi connectivity index (χ0) is 48.4.